The van der Waals surface area contributed by atoms with Crippen LogP contribution >= 0.6 is 11.6 Å². The van der Waals surface area contributed by atoms with E-state index in [-0.39, 0.29) is 43.8 Å². The van der Waals surface area contributed by atoms with Gasteiger partial charge in [-0.05, 0) is 62.6 Å². The molecule has 35 heavy (non-hydrogen) atoms. The zero-order valence-corrected chi connectivity index (χ0v) is 22.1. The lowest BCUT2D eigenvalue weighted by Gasteiger charge is -2.30. The highest BCUT2D eigenvalue weighted by molar-refractivity contribution is 7.92. The first-order valence-corrected chi connectivity index (χ1v) is 13.7. The molecule has 0 aliphatic carbocycles. The van der Waals surface area contributed by atoms with Crippen LogP contribution in [-0.4, -0.2) is 50.0 Å². The molecule has 1 N–H and O–H groups in total. The van der Waals surface area contributed by atoms with E-state index in [9.17, 15) is 22.4 Å². The maximum atomic E-state index is 13.3. The minimum absolute atomic E-state index is 0.0226. The summed E-state index contributed by atoms with van der Waals surface area (Å²) in [5.41, 5.74) is 1.09. The van der Waals surface area contributed by atoms with Crippen molar-refractivity contribution in [3.05, 3.63) is 64.9 Å². The Kier molecular flexibility index (Phi) is 10.5. The molecule has 10 heteroatoms. The Hall–Kier alpha value is -2.65. The summed E-state index contributed by atoms with van der Waals surface area (Å²) >= 11 is 6.02. The molecule has 2 atom stereocenters. The van der Waals surface area contributed by atoms with Gasteiger partial charge in [0.1, 0.15) is 11.9 Å². The van der Waals surface area contributed by atoms with Crippen LogP contribution in [0.25, 0.3) is 0 Å². The summed E-state index contributed by atoms with van der Waals surface area (Å²) in [5.74, 6) is -0.983. The minimum atomic E-state index is -3.60. The van der Waals surface area contributed by atoms with Crippen molar-refractivity contribution in [2.24, 2.45) is 0 Å². The molecule has 2 rings (SSSR count). The van der Waals surface area contributed by atoms with Crippen molar-refractivity contribution in [3.63, 3.8) is 0 Å². The molecule has 0 bridgehead atoms. The molecule has 192 valence electrons. The number of benzene rings is 2. The number of hydrogen-bond donors (Lipinski definition) is 1. The SMILES string of the molecule is CC[C@H](C)NC(=O)[C@@H](C)N(Cc1ccc(F)cc1)C(=O)CCCN(c1cccc(Cl)c1)S(C)(=O)=O. The Labute approximate surface area is 212 Å². The summed E-state index contributed by atoms with van der Waals surface area (Å²) in [7, 11) is -3.60. The Bertz CT molecular complexity index is 1110. The quantitative estimate of drug-likeness (QED) is 0.446. The molecule has 0 aromatic heterocycles. The van der Waals surface area contributed by atoms with Crippen LogP contribution in [0.2, 0.25) is 5.02 Å². The van der Waals surface area contributed by atoms with Crippen molar-refractivity contribution in [1.29, 1.82) is 0 Å². The second kappa shape index (κ2) is 12.9. The fourth-order valence-electron chi connectivity index (χ4n) is 3.47. The summed E-state index contributed by atoms with van der Waals surface area (Å²) in [5, 5.41) is 3.29. The Morgan fingerprint density at radius 2 is 1.77 bits per heavy atom. The minimum Gasteiger partial charge on any atom is -0.352 e. The van der Waals surface area contributed by atoms with Crippen molar-refractivity contribution < 1.29 is 22.4 Å². The van der Waals surface area contributed by atoms with Crippen molar-refractivity contribution in [2.75, 3.05) is 17.1 Å². The number of rotatable bonds is 12. The largest absolute Gasteiger partial charge is 0.352 e. The van der Waals surface area contributed by atoms with Crippen LogP contribution in [0.3, 0.4) is 0 Å². The highest BCUT2D eigenvalue weighted by Crippen LogP contribution is 2.22. The lowest BCUT2D eigenvalue weighted by Crippen LogP contribution is -2.49. The first-order chi connectivity index (χ1) is 16.4. The standard InChI is InChI=1S/C25H33ClFN3O4S/c1-5-18(2)28-25(32)19(3)29(17-20-11-13-22(27)14-12-20)24(31)10-7-15-30(35(4,33)34)23-9-6-8-21(26)16-23/h6,8-9,11-14,16,18-19H,5,7,10,15,17H2,1-4H3,(H,28,32)/t18-,19+/m0/s1. The van der Waals surface area contributed by atoms with Crippen LogP contribution in [0.1, 0.15) is 45.6 Å². The maximum Gasteiger partial charge on any atom is 0.242 e. The van der Waals surface area contributed by atoms with Gasteiger partial charge in [0.15, 0.2) is 0 Å². The molecule has 0 fully saturated rings. The van der Waals surface area contributed by atoms with E-state index in [1.165, 1.54) is 21.3 Å². The van der Waals surface area contributed by atoms with E-state index < -0.39 is 21.9 Å². The number of carbonyl (C=O) groups excluding carboxylic acids is 2. The van der Waals surface area contributed by atoms with Gasteiger partial charge >= 0.3 is 0 Å². The summed E-state index contributed by atoms with van der Waals surface area (Å²) in [4.78, 5) is 27.4. The van der Waals surface area contributed by atoms with Gasteiger partial charge in [0.2, 0.25) is 21.8 Å². The zero-order chi connectivity index (χ0) is 26.2. The summed E-state index contributed by atoms with van der Waals surface area (Å²) in [6.07, 6.45) is 2.10. The van der Waals surface area contributed by atoms with Crippen molar-refractivity contribution in [1.82, 2.24) is 10.2 Å². The van der Waals surface area contributed by atoms with Gasteiger partial charge in [0.25, 0.3) is 0 Å². The fraction of sp³-hybridized carbons (Fsp3) is 0.440. The van der Waals surface area contributed by atoms with E-state index in [1.807, 2.05) is 13.8 Å². The monoisotopic (exact) mass is 525 g/mol. The predicted molar refractivity (Wildman–Crippen MR) is 137 cm³/mol. The molecule has 0 aliphatic rings. The third-order valence-corrected chi connectivity index (χ3v) is 7.11. The van der Waals surface area contributed by atoms with E-state index in [1.54, 1.807) is 43.3 Å². The van der Waals surface area contributed by atoms with Gasteiger partial charge in [-0.3, -0.25) is 13.9 Å². The molecular formula is C25H33ClFN3O4S. The number of amides is 2. The zero-order valence-electron chi connectivity index (χ0n) is 20.5. The van der Waals surface area contributed by atoms with Crippen molar-refractivity contribution >= 4 is 39.1 Å². The smallest absolute Gasteiger partial charge is 0.242 e. The number of carbonyl (C=O) groups is 2. The van der Waals surface area contributed by atoms with E-state index in [0.717, 1.165) is 12.7 Å². The van der Waals surface area contributed by atoms with Crippen LogP contribution in [0.15, 0.2) is 48.5 Å². The summed E-state index contributed by atoms with van der Waals surface area (Å²) in [6.45, 7) is 5.67. The third-order valence-electron chi connectivity index (χ3n) is 5.68. The summed E-state index contributed by atoms with van der Waals surface area (Å²) < 4.78 is 39.3. The maximum absolute atomic E-state index is 13.3. The van der Waals surface area contributed by atoms with Gasteiger partial charge in [-0.25, -0.2) is 12.8 Å². The van der Waals surface area contributed by atoms with E-state index in [2.05, 4.69) is 5.32 Å². The number of nitrogens with zero attached hydrogens (tertiary/aromatic N) is 2. The van der Waals surface area contributed by atoms with Gasteiger partial charge in [0.05, 0.1) is 11.9 Å². The molecule has 0 saturated heterocycles. The second-order valence-electron chi connectivity index (χ2n) is 8.56. The number of halogens is 2. The molecule has 2 aromatic rings. The molecule has 0 aliphatic heterocycles. The lowest BCUT2D eigenvalue weighted by atomic mass is 10.1. The van der Waals surface area contributed by atoms with Crippen molar-refractivity contribution in [2.45, 2.75) is 58.7 Å². The lowest BCUT2D eigenvalue weighted by molar-refractivity contribution is -0.140. The van der Waals surface area contributed by atoms with Crippen LogP contribution in [0.4, 0.5) is 10.1 Å². The first-order valence-electron chi connectivity index (χ1n) is 11.5. The van der Waals surface area contributed by atoms with Crippen LogP contribution < -0.4 is 9.62 Å². The highest BCUT2D eigenvalue weighted by Gasteiger charge is 2.27. The topological polar surface area (TPSA) is 86.8 Å². The molecule has 0 radical (unpaired) electrons. The third kappa shape index (κ3) is 8.81. The van der Waals surface area contributed by atoms with Gasteiger partial charge in [0, 0.05) is 30.6 Å². The average molecular weight is 526 g/mol. The second-order valence-corrected chi connectivity index (χ2v) is 10.9. The molecule has 0 saturated carbocycles. The molecule has 7 nitrogen and oxygen atoms in total. The van der Waals surface area contributed by atoms with E-state index >= 15 is 0 Å². The predicted octanol–water partition coefficient (Wildman–Crippen LogP) is 4.36. The molecule has 0 spiro atoms. The van der Waals surface area contributed by atoms with Gasteiger partial charge in [-0.15, -0.1) is 0 Å². The highest BCUT2D eigenvalue weighted by atomic mass is 35.5. The van der Waals surface area contributed by atoms with Gasteiger partial charge in [-0.1, -0.05) is 36.7 Å². The Balaban J connectivity index is 2.16. The fourth-order valence-corrected chi connectivity index (χ4v) is 4.61. The average Bonchev–Trinajstić information content (AvgIpc) is 2.79. The Morgan fingerprint density at radius 3 is 2.34 bits per heavy atom. The van der Waals surface area contributed by atoms with Gasteiger partial charge in [-0.2, -0.15) is 0 Å². The molecular weight excluding hydrogens is 493 g/mol. The Morgan fingerprint density at radius 1 is 1.11 bits per heavy atom. The van der Waals surface area contributed by atoms with E-state index in [0.29, 0.717) is 16.3 Å². The summed E-state index contributed by atoms with van der Waals surface area (Å²) in [6, 6.07) is 11.4. The number of nitrogens with one attached hydrogen (secondary N) is 1. The van der Waals surface area contributed by atoms with Gasteiger partial charge < -0.3 is 10.2 Å². The molecule has 2 aromatic carbocycles. The van der Waals surface area contributed by atoms with Crippen molar-refractivity contribution in [3.8, 4) is 0 Å². The van der Waals surface area contributed by atoms with E-state index in [4.69, 9.17) is 11.6 Å². The van der Waals surface area contributed by atoms with Crippen LogP contribution in [0.5, 0.6) is 0 Å². The molecule has 2 amide bonds. The number of hydrogen-bond acceptors (Lipinski definition) is 4. The number of anilines is 1. The van der Waals surface area contributed by atoms with Crippen LogP contribution in [-0.2, 0) is 26.2 Å². The molecule has 0 unspecified atom stereocenters. The normalized spacial score (nSPS) is 13.1. The molecule has 0 heterocycles. The van der Waals surface area contributed by atoms with Crippen LogP contribution in [0, 0.1) is 5.82 Å². The first kappa shape index (κ1) is 28.6. The number of sulfonamides is 1.